The number of rotatable bonds is 12. The summed E-state index contributed by atoms with van der Waals surface area (Å²) in [6, 6.07) is 3.07. The second-order valence-corrected chi connectivity index (χ2v) is 13.1. The quantitative estimate of drug-likeness (QED) is 0.0763. The van der Waals surface area contributed by atoms with Crippen molar-refractivity contribution in [2.45, 2.75) is 98.1 Å². The maximum absolute atomic E-state index is 13.0. The summed E-state index contributed by atoms with van der Waals surface area (Å²) in [6.45, 7) is 15.1. The number of allylic oxidation sites excluding steroid dienone is 4. The largest absolute Gasteiger partial charge is 0.514 e. The van der Waals surface area contributed by atoms with Crippen LogP contribution in [-0.2, 0) is 20.7 Å². The zero-order valence-electron chi connectivity index (χ0n) is 27.3. The Hall–Kier alpha value is -3.85. The topological polar surface area (TPSA) is 134 Å². The summed E-state index contributed by atoms with van der Waals surface area (Å²) in [5.41, 5.74) is 2.78. The van der Waals surface area contributed by atoms with Crippen LogP contribution in [0.25, 0.3) is 0 Å². The summed E-state index contributed by atoms with van der Waals surface area (Å²) in [5, 5.41) is 31.4. The molecular formula is C36H47NO8. The second-order valence-electron chi connectivity index (χ2n) is 13.1. The molecule has 3 aliphatic rings. The number of aromatic hydroxyl groups is 1. The second kappa shape index (κ2) is 13.6. The first kappa shape index (κ1) is 34.0. The molecular weight excluding hydrogens is 574 g/mol. The molecule has 1 aromatic carbocycles. The number of carbonyl (C=O) groups is 3. The van der Waals surface area contributed by atoms with Gasteiger partial charge in [0.15, 0.2) is 0 Å². The minimum atomic E-state index is -1.24. The standard InChI is InChI=1S/C36H47NO8/c1-8-9-10-12-24-18-28(39)30(27-17-21(4)14-15-25(27)20(2)3)29(19-24)45-35(43)44-16-11-13-26-22(5)32-36(7,23(6)38)34(42)37(32)31(26)33(40)41/h11,13,17-19,22-23,25,27,32,38-39H,2,8-10,12,14-16H2,1,3-7H3,(H,40,41)/b13-11+/t22-,23+,25-,27+,32+,36+/m0/s1. The lowest BCUT2D eigenvalue weighted by molar-refractivity contribution is -0.181. The van der Waals surface area contributed by atoms with Crippen LogP contribution in [0.4, 0.5) is 4.79 Å². The molecule has 1 aromatic rings. The van der Waals surface area contributed by atoms with Crippen molar-refractivity contribution in [1.29, 1.82) is 0 Å². The molecule has 0 bridgehead atoms. The van der Waals surface area contributed by atoms with Crippen LogP contribution in [0, 0.1) is 17.3 Å². The van der Waals surface area contributed by atoms with Crippen LogP contribution in [0.1, 0.15) is 90.7 Å². The summed E-state index contributed by atoms with van der Waals surface area (Å²) < 4.78 is 11.1. The molecule has 4 rings (SSSR count). The summed E-state index contributed by atoms with van der Waals surface area (Å²) in [4.78, 5) is 39.2. The molecule has 0 spiro atoms. The van der Waals surface area contributed by atoms with Gasteiger partial charge in [-0.1, -0.05) is 56.6 Å². The number of carbonyl (C=O) groups excluding carboxylic acids is 2. The molecule has 6 atom stereocenters. The summed E-state index contributed by atoms with van der Waals surface area (Å²) >= 11 is 0. The van der Waals surface area contributed by atoms with Gasteiger partial charge in [-0.05, 0) is 88.6 Å². The average molecular weight is 622 g/mol. The third-order valence-electron chi connectivity index (χ3n) is 9.87. The van der Waals surface area contributed by atoms with E-state index in [2.05, 4.69) is 26.5 Å². The fraction of sp³-hybridized carbons (Fsp3) is 0.528. The number of aliphatic hydroxyl groups is 1. The Morgan fingerprint density at radius 2 is 1.98 bits per heavy atom. The van der Waals surface area contributed by atoms with E-state index in [9.17, 15) is 29.7 Å². The number of phenols is 1. The number of nitrogens with zero attached hydrogens (tertiary/aromatic N) is 1. The molecule has 1 fully saturated rings. The van der Waals surface area contributed by atoms with Crippen molar-refractivity contribution in [3.05, 3.63) is 70.5 Å². The fourth-order valence-electron chi connectivity index (χ4n) is 7.23. The Morgan fingerprint density at radius 3 is 2.60 bits per heavy atom. The van der Waals surface area contributed by atoms with Gasteiger partial charge in [-0.15, -0.1) is 0 Å². The maximum atomic E-state index is 13.0. The maximum Gasteiger partial charge on any atom is 0.514 e. The van der Waals surface area contributed by atoms with Crippen LogP contribution in [0.3, 0.4) is 0 Å². The van der Waals surface area contributed by atoms with Gasteiger partial charge in [-0.25, -0.2) is 9.59 Å². The lowest BCUT2D eigenvalue weighted by Gasteiger charge is -2.54. The predicted octanol–water partition coefficient (Wildman–Crippen LogP) is 6.80. The van der Waals surface area contributed by atoms with Crippen LogP contribution in [0.15, 0.2) is 59.4 Å². The molecule has 2 aliphatic heterocycles. The Labute approximate surface area is 265 Å². The van der Waals surface area contributed by atoms with E-state index in [0.717, 1.165) is 49.7 Å². The Balaban J connectivity index is 1.54. The van der Waals surface area contributed by atoms with Gasteiger partial charge in [0.25, 0.3) is 0 Å². The predicted molar refractivity (Wildman–Crippen MR) is 171 cm³/mol. The van der Waals surface area contributed by atoms with Gasteiger partial charge in [-0.2, -0.15) is 0 Å². The number of phenolic OH excluding ortho intramolecular Hbond substituents is 1. The number of fused-ring (bicyclic) bond motifs is 1. The van der Waals surface area contributed by atoms with Crippen molar-refractivity contribution < 1.29 is 39.2 Å². The highest BCUT2D eigenvalue weighted by atomic mass is 16.7. The number of carboxylic acids is 1. The minimum Gasteiger partial charge on any atom is -0.507 e. The zero-order chi connectivity index (χ0) is 33.2. The molecule has 0 radical (unpaired) electrons. The van der Waals surface area contributed by atoms with Crippen molar-refractivity contribution in [2.75, 3.05) is 6.61 Å². The minimum absolute atomic E-state index is 0.0700. The number of amides is 1. The molecule has 1 aliphatic carbocycles. The van der Waals surface area contributed by atoms with E-state index < -0.39 is 35.6 Å². The van der Waals surface area contributed by atoms with Crippen LogP contribution < -0.4 is 4.74 Å². The molecule has 244 valence electrons. The van der Waals surface area contributed by atoms with Crippen molar-refractivity contribution in [3.8, 4) is 11.5 Å². The van der Waals surface area contributed by atoms with E-state index in [4.69, 9.17) is 9.47 Å². The molecule has 1 amide bonds. The number of benzene rings is 1. The van der Waals surface area contributed by atoms with E-state index in [0.29, 0.717) is 11.1 Å². The van der Waals surface area contributed by atoms with Gasteiger partial charge >= 0.3 is 12.1 Å². The number of aliphatic hydroxyl groups excluding tert-OH is 1. The molecule has 9 nitrogen and oxygen atoms in total. The number of aliphatic carboxylic acids is 1. The van der Waals surface area contributed by atoms with Crippen LogP contribution in [0.2, 0.25) is 0 Å². The number of hydrogen-bond donors (Lipinski definition) is 3. The van der Waals surface area contributed by atoms with E-state index >= 15 is 0 Å². The lowest BCUT2D eigenvalue weighted by Crippen LogP contribution is -2.70. The molecule has 45 heavy (non-hydrogen) atoms. The highest BCUT2D eigenvalue weighted by Gasteiger charge is 2.67. The van der Waals surface area contributed by atoms with Crippen LogP contribution in [0.5, 0.6) is 11.5 Å². The first-order chi connectivity index (χ1) is 21.2. The van der Waals surface area contributed by atoms with Gasteiger partial charge in [0, 0.05) is 17.4 Å². The first-order valence-corrected chi connectivity index (χ1v) is 15.9. The molecule has 0 saturated carbocycles. The number of β-lactam (4-membered cyclic amide) rings is 1. The van der Waals surface area contributed by atoms with Gasteiger partial charge in [-0.3, -0.25) is 4.79 Å². The first-order valence-electron chi connectivity index (χ1n) is 15.9. The number of carboxylic acid groups (broad SMARTS) is 1. The average Bonchev–Trinajstić information content (AvgIpc) is 3.24. The number of hydrogen-bond acceptors (Lipinski definition) is 7. The Morgan fingerprint density at radius 1 is 1.27 bits per heavy atom. The lowest BCUT2D eigenvalue weighted by atomic mass is 9.65. The number of aryl methyl sites for hydroxylation is 1. The van der Waals surface area contributed by atoms with Crippen molar-refractivity contribution >= 4 is 18.0 Å². The van der Waals surface area contributed by atoms with Gasteiger partial charge in [0.1, 0.15) is 23.8 Å². The van der Waals surface area contributed by atoms with Crippen LogP contribution >= 0.6 is 0 Å². The Bertz CT molecular complexity index is 1450. The molecule has 0 aromatic heterocycles. The molecule has 3 N–H and O–H groups in total. The highest BCUT2D eigenvalue weighted by Crippen LogP contribution is 2.54. The number of unbranched alkanes of at least 4 members (excludes halogenated alkanes) is 2. The van der Waals surface area contributed by atoms with E-state index in [1.54, 1.807) is 25.1 Å². The molecule has 0 unspecified atom stereocenters. The number of ether oxygens (including phenoxy) is 2. The van der Waals surface area contributed by atoms with Crippen molar-refractivity contribution in [1.82, 2.24) is 4.90 Å². The SMILES string of the molecule is C=C(C)[C@@H]1CCC(C)=C[C@H]1c1c(O)cc(CCCCC)cc1OC(=O)OC/C=C/C1=C(C(=O)O)N2C(=O)[C@](C)([C@@H](C)O)[C@H]2[C@H]1C. The monoisotopic (exact) mass is 621 g/mol. The normalized spacial score (nSPS) is 26.8. The van der Waals surface area contributed by atoms with Crippen LogP contribution in [-0.4, -0.2) is 57.0 Å². The van der Waals surface area contributed by atoms with Crippen molar-refractivity contribution in [2.24, 2.45) is 17.3 Å². The van der Waals surface area contributed by atoms with Gasteiger partial charge in [0.05, 0.1) is 17.6 Å². The highest BCUT2D eigenvalue weighted by molar-refractivity contribution is 6.02. The summed E-state index contributed by atoms with van der Waals surface area (Å²) in [6.07, 6.45) is 8.84. The summed E-state index contributed by atoms with van der Waals surface area (Å²) in [5.74, 6) is -1.84. The Kier molecular flexibility index (Phi) is 10.3. The van der Waals surface area contributed by atoms with E-state index in [1.165, 1.54) is 23.5 Å². The molecule has 2 heterocycles. The van der Waals surface area contributed by atoms with Gasteiger partial charge in [0.2, 0.25) is 5.91 Å². The van der Waals surface area contributed by atoms with Crippen molar-refractivity contribution in [3.63, 3.8) is 0 Å². The third kappa shape index (κ3) is 6.45. The third-order valence-corrected chi connectivity index (χ3v) is 9.87. The fourth-order valence-corrected chi connectivity index (χ4v) is 7.23. The van der Waals surface area contributed by atoms with E-state index in [-0.39, 0.29) is 41.6 Å². The smallest absolute Gasteiger partial charge is 0.507 e. The van der Waals surface area contributed by atoms with Gasteiger partial charge < -0.3 is 29.7 Å². The van der Waals surface area contributed by atoms with E-state index in [1.807, 2.05) is 13.8 Å². The summed E-state index contributed by atoms with van der Waals surface area (Å²) in [7, 11) is 0. The molecule has 1 saturated heterocycles. The molecule has 9 heteroatoms. The zero-order valence-corrected chi connectivity index (χ0v) is 27.3.